The number of amides is 2. The average molecular weight is 474 g/mol. The number of ether oxygens (including phenoxy) is 1. The number of esters is 1. The van der Waals surface area contributed by atoms with Gasteiger partial charge >= 0.3 is 5.97 Å². The molecule has 7 heteroatoms. The summed E-state index contributed by atoms with van der Waals surface area (Å²) in [6, 6.07) is 9.92. The van der Waals surface area contributed by atoms with E-state index in [0.29, 0.717) is 13.2 Å². The first-order chi connectivity index (χ1) is 16.3. The second-order valence-corrected chi connectivity index (χ2v) is 9.75. The highest BCUT2D eigenvalue weighted by atomic mass is 16.5. The van der Waals surface area contributed by atoms with Crippen molar-refractivity contribution in [2.45, 2.75) is 96.7 Å². The molecule has 1 aromatic carbocycles. The Labute approximate surface area is 205 Å². The van der Waals surface area contributed by atoms with Gasteiger partial charge in [0.25, 0.3) is 0 Å². The molecule has 2 amide bonds. The first kappa shape index (κ1) is 27.8. The van der Waals surface area contributed by atoms with Crippen molar-refractivity contribution in [3.8, 4) is 0 Å². The fourth-order valence-corrected chi connectivity index (χ4v) is 4.24. The Bertz CT molecular complexity index is 766. The number of unbranched alkanes of at least 4 members (excludes halogenated alkanes) is 3. The maximum atomic E-state index is 13.6. The van der Waals surface area contributed by atoms with Crippen molar-refractivity contribution >= 4 is 17.8 Å². The molecule has 0 radical (unpaired) electrons. The van der Waals surface area contributed by atoms with Crippen LogP contribution in [0.3, 0.4) is 0 Å². The van der Waals surface area contributed by atoms with E-state index in [-0.39, 0.29) is 18.5 Å². The van der Waals surface area contributed by atoms with Gasteiger partial charge in [0.1, 0.15) is 12.1 Å². The summed E-state index contributed by atoms with van der Waals surface area (Å²) in [6.45, 7) is 7.18. The first-order valence-corrected chi connectivity index (χ1v) is 12.9. The Kier molecular flexibility index (Phi) is 12.1. The number of rotatable bonds is 7. The van der Waals surface area contributed by atoms with Gasteiger partial charge in [-0.05, 0) is 45.2 Å². The van der Waals surface area contributed by atoms with Gasteiger partial charge in [-0.3, -0.25) is 19.3 Å². The van der Waals surface area contributed by atoms with Crippen LogP contribution < -0.4 is 10.6 Å². The normalized spacial score (nSPS) is 21.4. The fourth-order valence-electron chi connectivity index (χ4n) is 4.24. The van der Waals surface area contributed by atoms with Crippen LogP contribution in [0, 0.1) is 0 Å². The van der Waals surface area contributed by atoms with Crippen molar-refractivity contribution in [2.24, 2.45) is 0 Å². The molecular weight excluding hydrogens is 430 g/mol. The van der Waals surface area contributed by atoms with Crippen LogP contribution in [0.1, 0.15) is 84.1 Å². The highest BCUT2D eigenvalue weighted by Crippen LogP contribution is 2.18. The maximum Gasteiger partial charge on any atom is 0.325 e. The molecule has 1 atom stereocenters. The minimum Gasteiger partial charge on any atom is -0.464 e. The molecule has 7 nitrogen and oxygen atoms in total. The minimum absolute atomic E-state index is 0.137. The molecule has 1 unspecified atom stereocenters. The lowest BCUT2D eigenvalue weighted by Crippen LogP contribution is -2.59. The Morgan fingerprint density at radius 1 is 1.00 bits per heavy atom. The van der Waals surface area contributed by atoms with Crippen LogP contribution in [0.5, 0.6) is 0 Å². The van der Waals surface area contributed by atoms with Gasteiger partial charge in [0.15, 0.2) is 0 Å². The predicted octanol–water partition coefficient (Wildman–Crippen LogP) is 3.96. The van der Waals surface area contributed by atoms with Crippen molar-refractivity contribution in [2.75, 3.05) is 19.7 Å². The third kappa shape index (κ3) is 9.84. The largest absolute Gasteiger partial charge is 0.464 e. The molecule has 2 rings (SSSR count). The zero-order valence-electron chi connectivity index (χ0n) is 21.2. The molecule has 190 valence electrons. The average Bonchev–Trinajstić information content (AvgIpc) is 2.81. The van der Waals surface area contributed by atoms with Gasteiger partial charge in [0, 0.05) is 6.54 Å². The number of cyclic esters (lactones) is 1. The molecule has 0 bridgehead atoms. The summed E-state index contributed by atoms with van der Waals surface area (Å²) in [7, 11) is 0. The molecule has 34 heavy (non-hydrogen) atoms. The Hall–Kier alpha value is -2.41. The van der Waals surface area contributed by atoms with E-state index in [1.807, 2.05) is 18.2 Å². The number of hydrogen-bond acceptors (Lipinski definition) is 5. The third-order valence-electron chi connectivity index (χ3n) is 6.30. The molecule has 0 aliphatic carbocycles. The molecule has 1 saturated heterocycles. The van der Waals surface area contributed by atoms with Crippen LogP contribution in [-0.4, -0.2) is 54.0 Å². The number of nitrogens with zero attached hydrogens (tertiary/aromatic N) is 1. The van der Waals surface area contributed by atoms with Crippen LogP contribution in [0.2, 0.25) is 0 Å². The number of hydrogen-bond donors (Lipinski definition) is 2. The quantitative estimate of drug-likeness (QED) is 0.462. The van der Waals surface area contributed by atoms with Crippen LogP contribution in [-0.2, 0) is 25.7 Å². The molecule has 1 aliphatic rings. The zero-order valence-corrected chi connectivity index (χ0v) is 21.2. The van der Waals surface area contributed by atoms with Gasteiger partial charge in [-0.15, -0.1) is 0 Å². The van der Waals surface area contributed by atoms with Crippen LogP contribution >= 0.6 is 0 Å². The molecule has 1 fully saturated rings. The van der Waals surface area contributed by atoms with Gasteiger partial charge in [-0.2, -0.15) is 0 Å². The molecule has 1 aliphatic heterocycles. The van der Waals surface area contributed by atoms with E-state index >= 15 is 0 Å². The van der Waals surface area contributed by atoms with Crippen LogP contribution in [0.4, 0.5) is 0 Å². The van der Waals surface area contributed by atoms with Gasteiger partial charge in [-0.25, -0.2) is 0 Å². The fraction of sp³-hybridized carbons (Fsp3) is 0.667. The molecule has 1 aromatic rings. The van der Waals surface area contributed by atoms with Crippen LogP contribution in [0.25, 0.3) is 0 Å². The summed E-state index contributed by atoms with van der Waals surface area (Å²) in [5.41, 5.74) is 0.0290. The lowest BCUT2D eigenvalue weighted by atomic mass is 9.99. The summed E-state index contributed by atoms with van der Waals surface area (Å²) in [5, 5.41) is 5.57. The zero-order chi connectivity index (χ0) is 24.8. The topological polar surface area (TPSA) is 87.7 Å². The summed E-state index contributed by atoms with van der Waals surface area (Å²) >= 11 is 0. The molecule has 2 N–H and O–H groups in total. The SMILES string of the molecule is CCCCCCC1C(=O)NC(C)(C)C(=O)NCC(=O)OCCCCCCN1Cc1ccccc1. The molecular formula is C27H43N3O4. The summed E-state index contributed by atoms with van der Waals surface area (Å²) < 4.78 is 5.21. The van der Waals surface area contributed by atoms with Crippen molar-refractivity contribution in [1.29, 1.82) is 0 Å². The van der Waals surface area contributed by atoms with Gasteiger partial charge in [0.2, 0.25) is 11.8 Å². The third-order valence-corrected chi connectivity index (χ3v) is 6.30. The lowest BCUT2D eigenvalue weighted by Gasteiger charge is -2.34. The number of carbonyl (C=O) groups excluding carboxylic acids is 3. The van der Waals surface area contributed by atoms with E-state index in [0.717, 1.165) is 64.3 Å². The highest BCUT2D eigenvalue weighted by molar-refractivity contribution is 5.93. The molecule has 0 spiro atoms. The predicted molar refractivity (Wildman–Crippen MR) is 134 cm³/mol. The van der Waals surface area contributed by atoms with E-state index < -0.39 is 17.4 Å². The summed E-state index contributed by atoms with van der Waals surface area (Å²) in [6.07, 6.45) is 8.82. The van der Waals surface area contributed by atoms with Crippen molar-refractivity contribution in [1.82, 2.24) is 15.5 Å². The monoisotopic (exact) mass is 473 g/mol. The maximum absolute atomic E-state index is 13.6. The lowest BCUT2D eigenvalue weighted by molar-refractivity contribution is -0.144. The van der Waals surface area contributed by atoms with E-state index in [1.165, 1.54) is 5.56 Å². The highest BCUT2D eigenvalue weighted by Gasteiger charge is 2.34. The Morgan fingerprint density at radius 2 is 1.74 bits per heavy atom. The van der Waals surface area contributed by atoms with Gasteiger partial charge < -0.3 is 15.4 Å². The molecule has 0 aromatic heterocycles. The van der Waals surface area contributed by atoms with E-state index in [9.17, 15) is 14.4 Å². The first-order valence-electron chi connectivity index (χ1n) is 12.9. The number of nitrogens with one attached hydrogen (secondary N) is 2. The van der Waals surface area contributed by atoms with Gasteiger partial charge in [-0.1, -0.05) is 75.8 Å². The van der Waals surface area contributed by atoms with Crippen molar-refractivity contribution in [3.05, 3.63) is 35.9 Å². The number of benzene rings is 1. The second kappa shape index (κ2) is 14.8. The van der Waals surface area contributed by atoms with E-state index in [4.69, 9.17) is 4.74 Å². The van der Waals surface area contributed by atoms with Crippen LogP contribution in [0.15, 0.2) is 30.3 Å². The summed E-state index contributed by atoms with van der Waals surface area (Å²) in [5.74, 6) is -0.989. The Morgan fingerprint density at radius 3 is 2.47 bits per heavy atom. The van der Waals surface area contributed by atoms with E-state index in [2.05, 4.69) is 34.6 Å². The summed E-state index contributed by atoms with van der Waals surface area (Å²) in [4.78, 5) is 40.5. The minimum atomic E-state index is -1.14. The smallest absolute Gasteiger partial charge is 0.325 e. The standard InChI is InChI=1S/C27H43N3O4/c1-4-5-6-12-17-23-25(32)29-27(2,3)26(33)28-20-24(31)34-19-14-8-7-13-18-30(23)21-22-15-10-9-11-16-22/h9-11,15-16,23H,4-8,12-14,17-21H2,1-3H3,(H,28,33)(H,29,32). The van der Waals surface area contributed by atoms with Crippen molar-refractivity contribution < 1.29 is 19.1 Å². The second-order valence-electron chi connectivity index (χ2n) is 9.75. The molecule has 1 heterocycles. The van der Waals surface area contributed by atoms with Gasteiger partial charge in [0.05, 0.1) is 12.6 Å². The van der Waals surface area contributed by atoms with E-state index in [1.54, 1.807) is 13.8 Å². The number of carbonyl (C=O) groups is 3. The Balaban J connectivity index is 2.24. The van der Waals surface area contributed by atoms with Crippen molar-refractivity contribution in [3.63, 3.8) is 0 Å². The molecule has 0 saturated carbocycles.